The third-order valence-electron chi connectivity index (χ3n) is 2.28. The zero-order valence-corrected chi connectivity index (χ0v) is 11.5. The predicted octanol–water partition coefficient (Wildman–Crippen LogP) is 3.82. The first-order chi connectivity index (χ1) is 8.15. The summed E-state index contributed by atoms with van der Waals surface area (Å²) in [5, 5.41) is 0. The van der Waals surface area contributed by atoms with Crippen molar-refractivity contribution in [3.63, 3.8) is 0 Å². The lowest BCUT2D eigenvalue weighted by molar-refractivity contribution is 0.0734. The second-order valence-corrected chi connectivity index (χ2v) is 4.96. The van der Waals surface area contributed by atoms with Crippen molar-refractivity contribution in [1.82, 2.24) is 0 Å². The highest BCUT2D eigenvalue weighted by Gasteiger charge is 2.08. The normalized spacial score (nSPS) is 10.0. The Morgan fingerprint density at radius 2 is 1.82 bits per heavy atom. The van der Waals surface area contributed by atoms with Gasteiger partial charge in [-0.15, -0.1) is 0 Å². The Hall–Kier alpha value is -1.36. The van der Waals surface area contributed by atoms with Crippen LogP contribution in [-0.2, 0) is 0 Å². The average molecular weight is 338 g/mol. The van der Waals surface area contributed by atoms with Crippen molar-refractivity contribution in [3.8, 4) is 5.75 Å². The van der Waals surface area contributed by atoms with Crippen LogP contribution in [0.15, 0.2) is 48.5 Å². The number of carbonyl (C=O) groups is 1. The van der Waals surface area contributed by atoms with Gasteiger partial charge in [-0.2, -0.15) is 0 Å². The standard InChI is InChI=1S/C14H11IO2/c1-10-3-2-4-11(9-10)14(16)17-13-7-5-12(15)6-8-13/h2-9H,1H3. The largest absolute Gasteiger partial charge is 0.423 e. The number of rotatable bonds is 2. The molecular weight excluding hydrogens is 327 g/mol. The summed E-state index contributed by atoms with van der Waals surface area (Å²) in [7, 11) is 0. The van der Waals surface area contributed by atoms with Gasteiger partial charge >= 0.3 is 5.97 Å². The topological polar surface area (TPSA) is 26.3 Å². The van der Waals surface area contributed by atoms with Crippen LogP contribution in [0.2, 0.25) is 0 Å². The van der Waals surface area contributed by atoms with Gasteiger partial charge in [0.25, 0.3) is 0 Å². The molecule has 0 aliphatic rings. The van der Waals surface area contributed by atoms with E-state index in [-0.39, 0.29) is 5.97 Å². The van der Waals surface area contributed by atoms with Gasteiger partial charge in [0, 0.05) is 3.57 Å². The molecule has 2 nitrogen and oxygen atoms in total. The molecule has 0 unspecified atom stereocenters. The van der Waals surface area contributed by atoms with Crippen molar-refractivity contribution in [2.75, 3.05) is 0 Å². The Morgan fingerprint density at radius 1 is 1.12 bits per heavy atom. The van der Waals surface area contributed by atoms with Gasteiger partial charge in [-0.3, -0.25) is 0 Å². The number of esters is 1. The van der Waals surface area contributed by atoms with Crippen LogP contribution in [0.1, 0.15) is 15.9 Å². The van der Waals surface area contributed by atoms with Crippen molar-refractivity contribution < 1.29 is 9.53 Å². The Kier molecular flexibility index (Phi) is 3.78. The number of halogens is 1. The van der Waals surface area contributed by atoms with Crippen LogP contribution in [0, 0.1) is 10.5 Å². The van der Waals surface area contributed by atoms with E-state index in [4.69, 9.17) is 4.74 Å². The molecule has 2 aromatic carbocycles. The van der Waals surface area contributed by atoms with Crippen LogP contribution in [0.5, 0.6) is 5.75 Å². The lowest BCUT2D eigenvalue weighted by Crippen LogP contribution is -2.08. The first kappa shape index (κ1) is 12.1. The van der Waals surface area contributed by atoms with Crippen molar-refractivity contribution in [2.24, 2.45) is 0 Å². The summed E-state index contributed by atoms with van der Waals surface area (Å²) in [4.78, 5) is 11.8. The summed E-state index contributed by atoms with van der Waals surface area (Å²) in [6.45, 7) is 1.95. The highest BCUT2D eigenvalue weighted by Crippen LogP contribution is 2.15. The van der Waals surface area contributed by atoms with Gasteiger partial charge in [0.1, 0.15) is 5.75 Å². The molecule has 86 valence electrons. The fraction of sp³-hybridized carbons (Fsp3) is 0.0714. The second-order valence-electron chi connectivity index (χ2n) is 3.71. The fourth-order valence-corrected chi connectivity index (χ4v) is 1.80. The maximum absolute atomic E-state index is 11.8. The Morgan fingerprint density at radius 3 is 2.47 bits per heavy atom. The summed E-state index contributed by atoms with van der Waals surface area (Å²) in [6, 6.07) is 14.7. The lowest BCUT2D eigenvalue weighted by Gasteiger charge is -2.04. The number of hydrogen-bond acceptors (Lipinski definition) is 2. The highest BCUT2D eigenvalue weighted by atomic mass is 127. The molecule has 0 atom stereocenters. The van der Waals surface area contributed by atoms with Crippen LogP contribution < -0.4 is 4.74 Å². The van der Waals surface area contributed by atoms with E-state index >= 15 is 0 Å². The van der Waals surface area contributed by atoms with Gasteiger partial charge in [0.15, 0.2) is 0 Å². The Balaban J connectivity index is 2.14. The summed E-state index contributed by atoms with van der Waals surface area (Å²) >= 11 is 2.21. The monoisotopic (exact) mass is 338 g/mol. The van der Waals surface area contributed by atoms with Crippen LogP contribution in [0.3, 0.4) is 0 Å². The number of benzene rings is 2. The SMILES string of the molecule is Cc1cccc(C(=O)Oc2ccc(I)cc2)c1. The molecule has 0 spiro atoms. The molecule has 0 fully saturated rings. The molecule has 0 bridgehead atoms. The van der Waals surface area contributed by atoms with E-state index in [2.05, 4.69) is 22.6 Å². The maximum Gasteiger partial charge on any atom is 0.343 e. The molecule has 0 saturated heterocycles. The molecule has 2 rings (SSSR count). The van der Waals surface area contributed by atoms with Gasteiger partial charge in [0.2, 0.25) is 0 Å². The highest BCUT2D eigenvalue weighted by molar-refractivity contribution is 14.1. The molecule has 0 aromatic heterocycles. The van der Waals surface area contributed by atoms with E-state index in [0.717, 1.165) is 9.13 Å². The van der Waals surface area contributed by atoms with Gasteiger partial charge < -0.3 is 4.74 Å². The van der Waals surface area contributed by atoms with E-state index in [1.54, 1.807) is 18.2 Å². The van der Waals surface area contributed by atoms with Crippen LogP contribution >= 0.6 is 22.6 Å². The summed E-state index contributed by atoms with van der Waals surface area (Å²) in [6.07, 6.45) is 0. The van der Waals surface area contributed by atoms with E-state index in [0.29, 0.717) is 11.3 Å². The number of aryl methyl sites for hydroxylation is 1. The van der Waals surface area contributed by atoms with Crippen LogP contribution in [0.25, 0.3) is 0 Å². The second kappa shape index (κ2) is 5.31. The summed E-state index contributed by atoms with van der Waals surface area (Å²) in [5.74, 6) is 0.242. The molecule has 3 heteroatoms. The minimum atomic E-state index is -0.324. The zero-order valence-electron chi connectivity index (χ0n) is 9.31. The number of ether oxygens (including phenoxy) is 1. The quantitative estimate of drug-likeness (QED) is 0.473. The molecular formula is C14H11IO2. The number of carbonyl (C=O) groups excluding carboxylic acids is 1. The molecule has 0 saturated carbocycles. The van der Waals surface area contributed by atoms with Crippen molar-refractivity contribution in [1.29, 1.82) is 0 Å². The van der Waals surface area contributed by atoms with E-state index in [9.17, 15) is 4.79 Å². The third-order valence-corrected chi connectivity index (χ3v) is 3.00. The van der Waals surface area contributed by atoms with Gasteiger partial charge in [-0.05, 0) is 65.9 Å². The Bertz CT molecular complexity index is 532. The van der Waals surface area contributed by atoms with Crippen LogP contribution in [-0.4, -0.2) is 5.97 Å². The average Bonchev–Trinajstić information content (AvgIpc) is 2.32. The molecule has 0 N–H and O–H groups in total. The van der Waals surface area contributed by atoms with Gasteiger partial charge in [-0.1, -0.05) is 17.7 Å². The number of hydrogen-bond donors (Lipinski definition) is 0. The molecule has 2 aromatic rings. The lowest BCUT2D eigenvalue weighted by atomic mass is 10.1. The first-order valence-corrected chi connectivity index (χ1v) is 6.27. The smallest absolute Gasteiger partial charge is 0.343 e. The molecule has 0 aliphatic heterocycles. The predicted molar refractivity (Wildman–Crippen MR) is 75.3 cm³/mol. The first-order valence-electron chi connectivity index (χ1n) is 5.19. The molecule has 0 heterocycles. The van der Waals surface area contributed by atoms with E-state index in [1.807, 2.05) is 37.3 Å². The minimum absolute atomic E-state index is 0.324. The van der Waals surface area contributed by atoms with Crippen molar-refractivity contribution >= 4 is 28.6 Å². The van der Waals surface area contributed by atoms with Crippen molar-refractivity contribution in [2.45, 2.75) is 6.92 Å². The minimum Gasteiger partial charge on any atom is -0.423 e. The fourth-order valence-electron chi connectivity index (χ4n) is 1.44. The summed E-state index contributed by atoms with van der Waals surface area (Å²) in [5.41, 5.74) is 1.62. The van der Waals surface area contributed by atoms with Crippen molar-refractivity contribution in [3.05, 3.63) is 63.2 Å². The molecule has 0 radical (unpaired) electrons. The molecule has 0 amide bonds. The third kappa shape index (κ3) is 3.30. The van der Waals surface area contributed by atoms with Gasteiger partial charge in [-0.25, -0.2) is 4.79 Å². The van der Waals surface area contributed by atoms with E-state index in [1.165, 1.54) is 0 Å². The van der Waals surface area contributed by atoms with Crippen LogP contribution in [0.4, 0.5) is 0 Å². The van der Waals surface area contributed by atoms with E-state index < -0.39 is 0 Å². The molecule has 0 aliphatic carbocycles. The summed E-state index contributed by atoms with van der Waals surface area (Å²) < 4.78 is 6.38. The zero-order chi connectivity index (χ0) is 12.3. The Labute approximate surface area is 114 Å². The van der Waals surface area contributed by atoms with Gasteiger partial charge in [0.05, 0.1) is 5.56 Å². The maximum atomic E-state index is 11.8. The molecule has 17 heavy (non-hydrogen) atoms.